The van der Waals surface area contributed by atoms with Gasteiger partial charge in [0.05, 0.1) is 32.8 Å². The number of aliphatic hydroxyl groups is 1. The van der Waals surface area contributed by atoms with Crippen molar-refractivity contribution in [3.63, 3.8) is 0 Å². The zero-order valence-corrected chi connectivity index (χ0v) is 15.0. The molecule has 7 nitrogen and oxygen atoms in total. The van der Waals surface area contributed by atoms with E-state index in [-0.39, 0.29) is 24.8 Å². The molecule has 1 atom stereocenters. The van der Waals surface area contributed by atoms with Crippen LogP contribution in [0.3, 0.4) is 0 Å². The Kier molecular flexibility index (Phi) is 6.25. The molecule has 0 aliphatic carbocycles. The molecule has 1 aromatic carbocycles. The molecular weight excluding hydrogens is 324 g/mol. The summed E-state index contributed by atoms with van der Waals surface area (Å²) in [6.45, 7) is 2.13. The first-order valence-corrected chi connectivity index (χ1v) is 8.32. The summed E-state index contributed by atoms with van der Waals surface area (Å²) in [5, 5.41) is 12.6. The molecule has 2 N–H and O–H groups in total. The molecule has 138 valence electrons. The van der Waals surface area contributed by atoms with Gasteiger partial charge < -0.3 is 24.8 Å². The highest BCUT2D eigenvalue weighted by molar-refractivity contribution is 5.80. The van der Waals surface area contributed by atoms with Crippen LogP contribution in [0.5, 0.6) is 11.5 Å². The van der Waals surface area contributed by atoms with Crippen molar-refractivity contribution in [3.05, 3.63) is 23.8 Å². The molecule has 0 aromatic heterocycles. The summed E-state index contributed by atoms with van der Waals surface area (Å²) in [5.74, 6) is 0.980. The molecule has 0 saturated carbocycles. The van der Waals surface area contributed by atoms with Crippen LogP contribution in [-0.4, -0.2) is 54.7 Å². The fourth-order valence-electron chi connectivity index (χ4n) is 3.39. The van der Waals surface area contributed by atoms with Gasteiger partial charge in [0.15, 0.2) is 0 Å². The van der Waals surface area contributed by atoms with Gasteiger partial charge in [0.1, 0.15) is 11.5 Å². The number of hydrogen-bond donors (Lipinski definition) is 2. The fraction of sp³-hybridized carbons (Fsp3) is 0.556. The molecule has 0 unspecified atom stereocenters. The summed E-state index contributed by atoms with van der Waals surface area (Å²) >= 11 is 0. The predicted molar refractivity (Wildman–Crippen MR) is 92.4 cm³/mol. The maximum Gasteiger partial charge on any atom is 0.222 e. The van der Waals surface area contributed by atoms with Gasteiger partial charge in [0, 0.05) is 31.6 Å². The number of amides is 2. The molecule has 0 radical (unpaired) electrons. The number of carbonyl (C=O) groups is 2. The molecule has 1 fully saturated rings. The van der Waals surface area contributed by atoms with E-state index in [0.29, 0.717) is 31.0 Å². The van der Waals surface area contributed by atoms with Crippen LogP contribution in [0.15, 0.2) is 18.2 Å². The van der Waals surface area contributed by atoms with E-state index in [1.807, 2.05) is 6.07 Å². The third kappa shape index (κ3) is 4.22. The van der Waals surface area contributed by atoms with E-state index in [1.165, 1.54) is 6.92 Å². The number of aliphatic hydroxyl groups excluding tert-OH is 1. The Morgan fingerprint density at radius 2 is 2.08 bits per heavy atom. The zero-order chi connectivity index (χ0) is 18.4. The highest BCUT2D eigenvalue weighted by Gasteiger charge is 2.43. The minimum Gasteiger partial charge on any atom is -0.497 e. The average molecular weight is 350 g/mol. The topological polar surface area (TPSA) is 88.1 Å². The van der Waals surface area contributed by atoms with Gasteiger partial charge in [-0.05, 0) is 25.0 Å². The van der Waals surface area contributed by atoms with Gasteiger partial charge in [-0.25, -0.2) is 0 Å². The standard InChI is InChI=1S/C18H26N2O5/c1-13(22)20-8-4-7-18(20,12-21)10-17(23)19-11-14-5-6-15(24-2)9-16(14)25-3/h5-6,9,21H,4,7-8,10-12H2,1-3H3,(H,19,23)/t18-/m1/s1. The first kappa shape index (κ1) is 19.1. The second-order valence-electron chi connectivity index (χ2n) is 6.29. The Balaban J connectivity index is 2.02. The van der Waals surface area contributed by atoms with Crippen LogP contribution in [0.4, 0.5) is 0 Å². The molecule has 1 aromatic rings. The number of benzene rings is 1. The number of nitrogens with one attached hydrogen (secondary N) is 1. The second-order valence-corrected chi connectivity index (χ2v) is 6.29. The zero-order valence-electron chi connectivity index (χ0n) is 15.0. The lowest BCUT2D eigenvalue weighted by molar-refractivity contribution is -0.137. The predicted octanol–water partition coefficient (Wildman–Crippen LogP) is 1.08. The normalized spacial score (nSPS) is 19.6. The number of methoxy groups -OCH3 is 2. The van der Waals surface area contributed by atoms with Crippen LogP contribution in [0.25, 0.3) is 0 Å². The summed E-state index contributed by atoms with van der Waals surface area (Å²) in [6.07, 6.45) is 1.50. The third-order valence-corrected chi connectivity index (χ3v) is 4.73. The first-order valence-electron chi connectivity index (χ1n) is 8.32. The molecule has 2 amide bonds. The molecule has 25 heavy (non-hydrogen) atoms. The van der Waals surface area contributed by atoms with Gasteiger partial charge in [-0.1, -0.05) is 0 Å². The highest BCUT2D eigenvalue weighted by Crippen LogP contribution is 2.32. The maximum absolute atomic E-state index is 12.4. The van der Waals surface area contributed by atoms with E-state index in [9.17, 15) is 14.7 Å². The molecule has 1 heterocycles. The van der Waals surface area contributed by atoms with Crippen molar-refractivity contribution in [2.24, 2.45) is 0 Å². The summed E-state index contributed by atoms with van der Waals surface area (Å²) in [4.78, 5) is 25.8. The van der Waals surface area contributed by atoms with Crippen LogP contribution in [0.1, 0.15) is 31.7 Å². The van der Waals surface area contributed by atoms with Crippen molar-refractivity contribution in [1.29, 1.82) is 0 Å². The third-order valence-electron chi connectivity index (χ3n) is 4.73. The summed E-state index contributed by atoms with van der Waals surface area (Å²) in [6, 6.07) is 5.38. The fourth-order valence-corrected chi connectivity index (χ4v) is 3.39. The number of ether oxygens (including phenoxy) is 2. The number of likely N-dealkylation sites (tertiary alicyclic amines) is 1. The van der Waals surface area contributed by atoms with E-state index in [1.54, 1.807) is 31.3 Å². The van der Waals surface area contributed by atoms with E-state index in [0.717, 1.165) is 12.0 Å². The second kappa shape index (κ2) is 8.20. The molecule has 1 aliphatic heterocycles. The summed E-state index contributed by atoms with van der Waals surface area (Å²) < 4.78 is 10.5. The lowest BCUT2D eigenvalue weighted by atomic mass is 9.92. The Morgan fingerprint density at radius 3 is 2.68 bits per heavy atom. The minimum atomic E-state index is -0.792. The van der Waals surface area contributed by atoms with Crippen LogP contribution in [-0.2, 0) is 16.1 Å². The van der Waals surface area contributed by atoms with Gasteiger partial charge in [-0.3, -0.25) is 9.59 Å². The molecule has 0 bridgehead atoms. The van der Waals surface area contributed by atoms with Crippen molar-refractivity contribution in [1.82, 2.24) is 10.2 Å². The largest absolute Gasteiger partial charge is 0.497 e. The molecular formula is C18H26N2O5. The summed E-state index contributed by atoms with van der Waals surface area (Å²) in [5.41, 5.74) is 0.0319. The molecule has 7 heteroatoms. The van der Waals surface area contributed by atoms with E-state index in [4.69, 9.17) is 9.47 Å². The number of nitrogens with zero attached hydrogens (tertiary/aromatic N) is 1. The smallest absolute Gasteiger partial charge is 0.222 e. The van der Waals surface area contributed by atoms with Crippen LogP contribution >= 0.6 is 0 Å². The lowest BCUT2D eigenvalue weighted by Gasteiger charge is -2.36. The van der Waals surface area contributed by atoms with Gasteiger partial charge in [0.25, 0.3) is 0 Å². The average Bonchev–Trinajstić information content (AvgIpc) is 3.04. The molecule has 2 rings (SSSR count). The van der Waals surface area contributed by atoms with Crippen molar-refractivity contribution < 1.29 is 24.2 Å². The Labute approximate surface area is 147 Å². The number of rotatable bonds is 7. The Hall–Kier alpha value is -2.28. The van der Waals surface area contributed by atoms with Crippen molar-refractivity contribution in [2.75, 3.05) is 27.4 Å². The minimum absolute atomic E-state index is 0.0849. The van der Waals surface area contributed by atoms with E-state index >= 15 is 0 Å². The maximum atomic E-state index is 12.4. The summed E-state index contributed by atoms with van der Waals surface area (Å²) in [7, 11) is 3.14. The van der Waals surface area contributed by atoms with Crippen molar-refractivity contribution in [3.8, 4) is 11.5 Å². The van der Waals surface area contributed by atoms with Crippen molar-refractivity contribution in [2.45, 2.75) is 38.3 Å². The quantitative estimate of drug-likeness (QED) is 0.768. The van der Waals surface area contributed by atoms with Gasteiger partial charge in [0.2, 0.25) is 11.8 Å². The van der Waals surface area contributed by atoms with Crippen molar-refractivity contribution >= 4 is 11.8 Å². The van der Waals surface area contributed by atoms with Gasteiger partial charge in [-0.2, -0.15) is 0 Å². The van der Waals surface area contributed by atoms with Crippen LogP contribution in [0.2, 0.25) is 0 Å². The molecule has 1 saturated heterocycles. The Bertz CT molecular complexity index is 634. The number of hydrogen-bond acceptors (Lipinski definition) is 5. The van der Waals surface area contributed by atoms with Crippen LogP contribution in [0, 0.1) is 0 Å². The van der Waals surface area contributed by atoms with Gasteiger partial charge >= 0.3 is 0 Å². The van der Waals surface area contributed by atoms with E-state index < -0.39 is 5.54 Å². The highest BCUT2D eigenvalue weighted by atomic mass is 16.5. The Morgan fingerprint density at radius 1 is 1.32 bits per heavy atom. The van der Waals surface area contributed by atoms with E-state index in [2.05, 4.69) is 5.32 Å². The van der Waals surface area contributed by atoms with Crippen LogP contribution < -0.4 is 14.8 Å². The monoisotopic (exact) mass is 350 g/mol. The SMILES string of the molecule is COc1ccc(CNC(=O)C[C@@]2(CO)CCCN2C(C)=O)c(OC)c1. The molecule has 0 spiro atoms. The first-order chi connectivity index (χ1) is 12.0. The molecule has 1 aliphatic rings. The lowest BCUT2D eigenvalue weighted by Crippen LogP contribution is -2.51. The number of carbonyl (C=O) groups excluding carboxylic acids is 2. The van der Waals surface area contributed by atoms with Gasteiger partial charge in [-0.15, -0.1) is 0 Å².